The molecule has 0 saturated heterocycles. The van der Waals surface area contributed by atoms with Gasteiger partial charge in [0.1, 0.15) is 12.2 Å². The molecule has 9 nitrogen and oxygen atoms in total. The Labute approximate surface area is 230 Å². The zero-order valence-corrected chi connectivity index (χ0v) is 21.7. The fourth-order valence-corrected chi connectivity index (χ4v) is 4.43. The molecule has 1 aliphatic heterocycles. The fraction of sp³-hybridized carbons (Fsp3) is 0.179. The number of nitrogens with two attached hydrogens (primary N) is 1. The van der Waals surface area contributed by atoms with Crippen molar-refractivity contribution >= 4 is 53.9 Å². The smallest absolute Gasteiger partial charge is 0.244 e. The highest BCUT2D eigenvalue weighted by molar-refractivity contribution is 6.30. The molecule has 39 heavy (non-hydrogen) atoms. The van der Waals surface area contributed by atoms with Crippen LogP contribution in [0.15, 0.2) is 71.0 Å². The van der Waals surface area contributed by atoms with Crippen LogP contribution in [0.5, 0.6) is 0 Å². The number of anilines is 2. The van der Waals surface area contributed by atoms with Gasteiger partial charge in [0.05, 0.1) is 23.1 Å². The Hall–Kier alpha value is -4.41. The summed E-state index contributed by atoms with van der Waals surface area (Å²) in [6.45, 7) is 3.28. The van der Waals surface area contributed by atoms with Gasteiger partial charge in [-0.15, -0.1) is 5.10 Å². The van der Waals surface area contributed by atoms with Crippen molar-refractivity contribution in [3.63, 3.8) is 0 Å². The van der Waals surface area contributed by atoms with Crippen molar-refractivity contribution in [2.45, 2.75) is 31.7 Å². The van der Waals surface area contributed by atoms with Gasteiger partial charge >= 0.3 is 0 Å². The number of amides is 2. The summed E-state index contributed by atoms with van der Waals surface area (Å²) in [5.74, 6) is 5.03. The lowest BCUT2D eigenvalue weighted by atomic mass is 9.98. The van der Waals surface area contributed by atoms with Crippen molar-refractivity contribution in [1.29, 1.82) is 0 Å². The summed E-state index contributed by atoms with van der Waals surface area (Å²) >= 11 is 6.16. The van der Waals surface area contributed by atoms with E-state index in [1.54, 1.807) is 42.6 Å². The molecule has 200 valence electrons. The van der Waals surface area contributed by atoms with Crippen LogP contribution in [0.1, 0.15) is 43.0 Å². The summed E-state index contributed by atoms with van der Waals surface area (Å²) < 4.78 is 14.0. The van der Waals surface area contributed by atoms with Crippen molar-refractivity contribution in [2.24, 2.45) is 16.0 Å². The average Bonchev–Trinajstić information content (AvgIpc) is 2.92. The van der Waals surface area contributed by atoms with Gasteiger partial charge in [-0.05, 0) is 73.0 Å². The number of hydrogen-bond acceptors (Lipinski definition) is 6. The quantitative estimate of drug-likeness (QED) is 0.128. The van der Waals surface area contributed by atoms with E-state index in [9.17, 15) is 14.0 Å². The van der Waals surface area contributed by atoms with Gasteiger partial charge in [-0.2, -0.15) is 5.10 Å². The minimum Gasteiger partial charge on any atom is -0.344 e. The Morgan fingerprint density at radius 1 is 1.23 bits per heavy atom. The van der Waals surface area contributed by atoms with Crippen molar-refractivity contribution in [2.75, 3.05) is 10.3 Å². The largest absolute Gasteiger partial charge is 0.344 e. The van der Waals surface area contributed by atoms with E-state index in [4.69, 9.17) is 17.4 Å². The van der Waals surface area contributed by atoms with E-state index in [1.165, 1.54) is 29.6 Å². The molecule has 11 heteroatoms. The molecule has 4 rings (SSSR count). The summed E-state index contributed by atoms with van der Waals surface area (Å²) in [6.07, 6.45) is 8.01. The van der Waals surface area contributed by atoms with Crippen molar-refractivity contribution in [3.8, 4) is 11.1 Å². The van der Waals surface area contributed by atoms with Gasteiger partial charge in [-0.1, -0.05) is 18.0 Å². The first kappa shape index (κ1) is 27.6. The Kier molecular flexibility index (Phi) is 9.14. The molecule has 2 heterocycles. The van der Waals surface area contributed by atoms with Crippen molar-refractivity contribution in [1.82, 2.24) is 10.3 Å². The number of rotatable bonds is 6. The molecule has 2 bridgehead atoms. The number of nitrogens with zero attached hydrogens (tertiary/aromatic N) is 4. The minimum absolute atomic E-state index is 0.194. The van der Waals surface area contributed by atoms with Crippen LogP contribution in [0, 0.1) is 5.82 Å². The number of nitrogens with one attached hydrogen (secondary N) is 2. The van der Waals surface area contributed by atoms with Crippen LogP contribution in [-0.4, -0.2) is 29.9 Å². The fourth-order valence-electron chi connectivity index (χ4n) is 4.25. The maximum Gasteiger partial charge on any atom is 0.244 e. The van der Waals surface area contributed by atoms with E-state index in [2.05, 4.69) is 32.5 Å². The second kappa shape index (κ2) is 12.9. The predicted molar refractivity (Wildman–Crippen MR) is 153 cm³/mol. The first-order chi connectivity index (χ1) is 18.8. The normalized spacial score (nSPS) is 15.7. The minimum atomic E-state index is -0.447. The zero-order valence-electron chi connectivity index (χ0n) is 21.0. The first-order valence-corrected chi connectivity index (χ1v) is 12.6. The molecular weight excluding hydrogens is 521 g/mol. The number of pyridine rings is 1. The summed E-state index contributed by atoms with van der Waals surface area (Å²) in [4.78, 5) is 30.0. The maximum atomic E-state index is 14.0. The summed E-state index contributed by atoms with van der Waals surface area (Å²) in [6, 6.07) is 12.5. The molecule has 2 aromatic carbocycles. The van der Waals surface area contributed by atoms with E-state index < -0.39 is 11.9 Å². The van der Waals surface area contributed by atoms with Crippen molar-refractivity contribution in [3.05, 3.63) is 82.9 Å². The second-order valence-corrected chi connectivity index (χ2v) is 9.27. The SMILES string of the molecule is C=N/N=C\N(N)c1ccc(Cl)cc1/C=C/C(=O)N[C@H]1CCCCC(=O)Nc2cc(F)ccc2-c2ccnc1c2. The molecule has 0 saturated carbocycles. The number of benzene rings is 2. The molecule has 1 aromatic heterocycles. The molecule has 0 radical (unpaired) electrons. The van der Waals surface area contributed by atoms with E-state index in [-0.39, 0.29) is 18.2 Å². The highest BCUT2D eigenvalue weighted by atomic mass is 35.5. The van der Waals surface area contributed by atoms with Crippen LogP contribution >= 0.6 is 11.6 Å². The van der Waals surface area contributed by atoms with Crippen LogP contribution in [-0.2, 0) is 9.59 Å². The highest BCUT2D eigenvalue weighted by Gasteiger charge is 2.19. The third-order valence-electron chi connectivity index (χ3n) is 6.11. The molecule has 4 N–H and O–H groups in total. The number of carbonyl (C=O) groups is 2. The Bertz CT molecular complexity index is 1440. The van der Waals surface area contributed by atoms with Gasteiger partial charge in [-0.3, -0.25) is 19.6 Å². The molecule has 1 aliphatic rings. The van der Waals surface area contributed by atoms with E-state index >= 15 is 0 Å². The number of hydrogen-bond donors (Lipinski definition) is 3. The molecular formula is C28H27ClFN7O2. The van der Waals surface area contributed by atoms with E-state index in [0.717, 1.165) is 5.56 Å². The molecule has 3 aromatic rings. The zero-order chi connectivity index (χ0) is 27.8. The summed E-state index contributed by atoms with van der Waals surface area (Å²) in [5.41, 5.74) is 3.58. The Morgan fingerprint density at radius 3 is 2.90 bits per heavy atom. The number of aromatic nitrogens is 1. The van der Waals surface area contributed by atoms with Gasteiger partial charge in [0.2, 0.25) is 11.8 Å². The predicted octanol–water partition coefficient (Wildman–Crippen LogP) is 5.25. The van der Waals surface area contributed by atoms with E-state index in [1.807, 2.05) is 6.07 Å². The highest BCUT2D eigenvalue weighted by Crippen LogP contribution is 2.32. The number of halogens is 2. The third-order valence-corrected chi connectivity index (χ3v) is 6.34. The summed E-state index contributed by atoms with van der Waals surface area (Å²) in [7, 11) is 0. The second-order valence-electron chi connectivity index (χ2n) is 8.83. The van der Waals surface area contributed by atoms with Gasteiger partial charge < -0.3 is 10.6 Å². The topological polar surface area (TPSA) is 125 Å². The van der Waals surface area contributed by atoms with Gasteiger partial charge in [0, 0.05) is 41.6 Å². The Morgan fingerprint density at radius 2 is 2.08 bits per heavy atom. The molecule has 0 fully saturated rings. The van der Waals surface area contributed by atoms with Gasteiger partial charge in [0.15, 0.2) is 0 Å². The number of fused-ring (bicyclic) bond motifs is 4. The lowest BCUT2D eigenvalue weighted by molar-refractivity contribution is -0.118. The number of hydrazine groups is 1. The standard InChI is InChI=1S/C28H27ClFN7O2/c1-32-34-17-37(31)26-10-7-20(29)14-19(26)6-11-28(39)35-23-4-2-3-5-27(38)36-24-16-21(30)8-9-22(24)18-12-13-33-25(23)15-18/h6-17,23H,1-5,31H2,(H,35,39)(H,36,38)/b11-6+,34-17-/t23-/m0/s1. The third kappa shape index (κ3) is 7.34. The molecule has 0 aliphatic carbocycles. The van der Waals surface area contributed by atoms with Crippen LogP contribution in [0.25, 0.3) is 17.2 Å². The monoisotopic (exact) mass is 547 g/mol. The molecule has 0 spiro atoms. The first-order valence-electron chi connectivity index (χ1n) is 12.2. The number of carbonyl (C=O) groups excluding carboxylic acids is 2. The molecule has 2 amide bonds. The van der Waals surface area contributed by atoms with Crippen LogP contribution in [0.3, 0.4) is 0 Å². The van der Waals surface area contributed by atoms with E-state index in [0.29, 0.717) is 52.5 Å². The Balaban J connectivity index is 1.60. The molecule has 1 atom stereocenters. The van der Waals surface area contributed by atoms with Crippen LogP contribution in [0.4, 0.5) is 15.8 Å². The maximum absolute atomic E-state index is 14.0. The molecule has 0 unspecified atom stereocenters. The van der Waals surface area contributed by atoms with Crippen molar-refractivity contribution < 1.29 is 14.0 Å². The lowest BCUT2D eigenvalue weighted by Crippen LogP contribution is -2.29. The summed E-state index contributed by atoms with van der Waals surface area (Å²) in [5, 5.41) is 14.6. The van der Waals surface area contributed by atoms with Crippen LogP contribution in [0.2, 0.25) is 5.02 Å². The average molecular weight is 548 g/mol. The van der Waals surface area contributed by atoms with Gasteiger partial charge in [-0.25, -0.2) is 10.2 Å². The van der Waals surface area contributed by atoms with Crippen LogP contribution < -0.4 is 21.5 Å². The van der Waals surface area contributed by atoms with Gasteiger partial charge in [0.25, 0.3) is 0 Å². The lowest BCUT2D eigenvalue weighted by Gasteiger charge is -2.20.